The zero-order chi connectivity index (χ0) is 17.6. The molecule has 0 saturated heterocycles. The highest BCUT2D eigenvalue weighted by Crippen LogP contribution is 2.36. The number of hydrogen-bond donors (Lipinski definition) is 0. The molecule has 6 heteroatoms. The fraction of sp³-hybridized carbons (Fsp3) is 0.333. The van der Waals surface area contributed by atoms with E-state index in [1.54, 1.807) is 31.2 Å². The molecule has 0 fully saturated rings. The van der Waals surface area contributed by atoms with E-state index in [0.717, 1.165) is 5.56 Å². The molecule has 1 aromatic rings. The molecule has 24 heavy (non-hydrogen) atoms. The van der Waals surface area contributed by atoms with E-state index in [9.17, 15) is 18.0 Å². The van der Waals surface area contributed by atoms with Gasteiger partial charge in [-0.15, -0.1) is 0 Å². The van der Waals surface area contributed by atoms with Gasteiger partial charge in [0, 0.05) is 23.3 Å². The first kappa shape index (κ1) is 16.8. The first-order valence-corrected chi connectivity index (χ1v) is 9.30. The van der Waals surface area contributed by atoms with Crippen molar-refractivity contribution in [3.63, 3.8) is 0 Å². The number of hydrogen-bond acceptors (Lipinski definition) is 4. The summed E-state index contributed by atoms with van der Waals surface area (Å²) in [6, 6.07) is 5.99. The SMILES string of the molecule is CCC1C2=C(CN1S(=O)(=O)c1ccc(C)cc1)C(=O)C(C)=CC2=O. The minimum atomic E-state index is -3.78. The highest BCUT2D eigenvalue weighted by Gasteiger charge is 2.45. The molecular weight excluding hydrogens is 326 g/mol. The van der Waals surface area contributed by atoms with Gasteiger partial charge >= 0.3 is 0 Å². The van der Waals surface area contributed by atoms with Gasteiger partial charge in [-0.3, -0.25) is 9.59 Å². The van der Waals surface area contributed by atoms with Crippen LogP contribution >= 0.6 is 0 Å². The number of Topliss-reactive ketones (excluding diaryl/α,β-unsaturated/α-hetero) is 1. The average molecular weight is 345 g/mol. The molecule has 0 aromatic heterocycles. The van der Waals surface area contributed by atoms with Crippen LogP contribution in [0, 0.1) is 6.92 Å². The Morgan fingerprint density at radius 1 is 1.12 bits per heavy atom. The summed E-state index contributed by atoms with van der Waals surface area (Å²) in [6.07, 6.45) is 1.75. The number of sulfonamides is 1. The van der Waals surface area contributed by atoms with Crippen LogP contribution in [0.1, 0.15) is 25.8 Å². The number of benzene rings is 1. The quantitative estimate of drug-likeness (QED) is 0.787. The Hall–Kier alpha value is -2.05. The number of carbonyl (C=O) groups is 2. The Kier molecular flexibility index (Phi) is 4.05. The number of aryl methyl sites for hydroxylation is 1. The topological polar surface area (TPSA) is 71.5 Å². The van der Waals surface area contributed by atoms with Crippen LogP contribution in [-0.4, -0.2) is 36.9 Å². The van der Waals surface area contributed by atoms with Crippen molar-refractivity contribution in [1.29, 1.82) is 0 Å². The van der Waals surface area contributed by atoms with Gasteiger partial charge in [-0.05, 0) is 38.5 Å². The van der Waals surface area contributed by atoms with Crippen LogP contribution in [0.5, 0.6) is 0 Å². The maximum Gasteiger partial charge on any atom is 0.243 e. The highest BCUT2D eigenvalue weighted by atomic mass is 32.2. The number of nitrogens with zero attached hydrogens (tertiary/aromatic N) is 1. The monoisotopic (exact) mass is 345 g/mol. The molecule has 0 amide bonds. The second-order valence-electron chi connectivity index (χ2n) is 6.20. The predicted octanol–water partition coefficient (Wildman–Crippen LogP) is 2.17. The molecule has 3 rings (SSSR count). The summed E-state index contributed by atoms with van der Waals surface area (Å²) < 4.78 is 27.3. The normalized spacial score (nSPS) is 22.0. The van der Waals surface area contributed by atoms with Gasteiger partial charge < -0.3 is 0 Å². The van der Waals surface area contributed by atoms with Crippen molar-refractivity contribution in [1.82, 2.24) is 4.31 Å². The molecule has 2 aliphatic rings. The van der Waals surface area contributed by atoms with Gasteiger partial charge in [-0.2, -0.15) is 4.31 Å². The minimum absolute atomic E-state index is 0.0419. The van der Waals surface area contributed by atoms with Crippen molar-refractivity contribution in [2.45, 2.75) is 38.1 Å². The Morgan fingerprint density at radius 2 is 1.75 bits per heavy atom. The van der Waals surface area contributed by atoms with E-state index in [4.69, 9.17) is 0 Å². The van der Waals surface area contributed by atoms with Gasteiger partial charge in [0.2, 0.25) is 10.0 Å². The molecule has 0 spiro atoms. The Balaban J connectivity index is 2.04. The van der Waals surface area contributed by atoms with E-state index in [1.807, 2.05) is 13.8 Å². The lowest BCUT2D eigenvalue weighted by atomic mass is 9.89. The summed E-state index contributed by atoms with van der Waals surface area (Å²) in [5, 5.41) is 0. The maximum atomic E-state index is 13.0. The molecule has 1 unspecified atom stereocenters. The van der Waals surface area contributed by atoms with Gasteiger partial charge in [0.15, 0.2) is 11.6 Å². The van der Waals surface area contributed by atoms with Crippen LogP contribution in [0.4, 0.5) is 0 Å². The van der Waals surface area contributed by atoms with Gasteiger partial charge in [0.05, 0.1) is 10.9 Å². The standard InChI is InChI=1S/C18H19NO4S/c1-4-15-17-14(18(21)12(3)9-16(17)20)10-19(15)24(22,23)13-7-5-11(2)6-8-13/h5-9,15H,4,10H2,1-3H3. The Morgan fingerprint density at radius 3 is 2.33 bits per heavy atom. The van der Waals surface area contributed by atoms with E-state index >= 15 is 0 Å². The van der Waals surface area contributed by atoms with Crippen LogP contribution in [0.25, 0.3) is 0 Å². The number of rotatable bonds is 3. The summed E-state index contributed by atoms with van der Waals surface area (Å²) in [5.41, 5.74) is 1.99. The van der Waals surface area contributed by atoms with Crippen molar-refractivity contribution in [2.75, 3.05) is 6.54 Å². The van der Waals surface area contributed by atoms with E-state index in [0.29, 0.717) is 23.1 Å². The molecule has 1 aliphatic carbocycles. The van der Waals surface area contributed by atoms with Crippen LogP contribution < -0.4 is 0 Å². The summed E-state index contributed by atoms with van der Waals surface area (Å²) >= 11 is 0. The summed E-state index contributed by atoms with van der Waals surface area (Å²) in [5.74, 6) is -0.486. The minimum Gasteiger partial charge on any atom is -0.290 e. The van der Waals surface area contributed by atoms with E-state index < -0.39 is 16.1 Å². The van der Waals surface area contributed by atoms with E-state index in [2.05, 4.69) is 0 Å². The van der Waals surface area contributed by atoms with E-state index in [-0.39, 0.29) is 23.0 Å². The van der Waals surface area contributed by atoms with Gasteiger partial charge in [0.25, 0.3) is 0 Å². The maximum absolute atomic E-state index is 13.0. The summed E-state index contributed by atoms with van der Waals surface area (Å²) in [7, 11) is -3.78. The Bertz CT molecular complexity index is 891. The van der Waals surface area contributed by atoms with Crippen molar-refractivity contribution in [3.8, 4) is 0 Å². The van der Waals surface area contributed by atoms with Gasteiger partial charge in [-0.1, -0.05) is 24.6 Å². The zero-order valence-corrected chi connectivity index (χ0v) is 14.7. The molecule has 0 saturated carbocycles. The molecule has 126 valence electrons. The van der Waals surface area contributed by atoms with Gasteiger partial charge in [0.1, 0.15) is 0 Å². The first-order chi connectivity index (χ1) is 11.3. The number of allylic oxidation sites excluding steroid dienone is 2. The fourth-order valence-corrected chi connectivity index (χ4v) is 4.93. The lowest BCUT2D eigenvalue weighted by Gasteiger charge is -2.24. The van der Waals surface area contributed by atoms with Crippen molar-refractivity contribution >= 4 is 21.6 Å². The van der Waals surface area contributed by atoms with Crippen molar-refractivity contribution in [3.05, 3.63) is 52.6 Å². The lowest BCUT2D eigenvalue weighted by Crippen LogP contribution is -2.38. The third-order valence-electron chi connectivity index (χ3n) is 4.58. The highest BCUT2D eigenvalue weighted by molar-refractivity contribution is 7.89. The molecule has 1 atom stereocenters. The second kappa shape index (κ2) is 5.79. The molecule has 0 bridgehead atoms. The number of ketones is 2. The third kappa shape index (κ3) is 2.46. The zero-order valence-electron chi connectivity index (χ0n) is 13.9. The smallest absolute Gasteiger partial charge is 0.243 e. The van der Waals surface area contributed by atoms with Crippen LogP contribution in [0.15, 0.2) is 52.0 Å². The fourth-order valence-electron chi connectivity index (χ4n) is 3.29. The molecule has 1 aliphatic heterocycles. The van der Waals surface area contributed by atoms with E-state index in [1.165, 1.54) is 10.4 Å². The second-order valence-corrected chi connectivity index (χ2v) is 8.09. The number of carbonyl (C=O) groups excluding carboxylic acids is 2. The van der Waals surface area contributed by atoms with Crippen molar-refractivity contribution in [2.24, 2.45) is 0 Å². The third-order valence-corrected chi connectivity index (χ3v) is 6.45. The van der Waals surface area contributed by atoms with Crippen LogP contribution in [-0.2, 0) is 19.6 Å². The van der Waals surface area contributed by atoms with Crippen LogP contribution in [0.2, 0.25) is 0 Å². The lowest BCUT2D eigenvalue weighted by molar-refractivity contribution is -0.115. The predicted molar refractivity (Wildman–Crippen MR) is 89.9 cm³/mol. The van der Waals surface area contributed by atoms with Crippen LogP contribution in [0.3, 0.4) is 0 Å². The van der Waals surface area contributed by atoms with Gasteiger partial charge in [-0.25, -0.2) is 8.42 Å². The molecule has 1 heterocycles. The molecule has 0 N–H and O–H groups in total. The van der Waals surface area contributed by atoms with Crippen molar-refractivity contribution < 1.29 is 18.0 Å². The summed E-state index contributed by atoms with van der Waals surface area (Å²) in [4.78, 5) is 24.9. The Labute approximate surface area is 141 Å². The largest absolute Gasteiger partial charge is 0.290 e. The molecule has 5 nitrogen and oxygen atoms in total. The average Bonchev–Trinajstić information content (AvgIpc) is 2.94. The molecular formula is C18H19NO4S. The molecule has 1 aromatic carbocycles. The first-order valence-electron chi connectivity index (χ1n) is 7.86. The summed E-state index contributed by atoms with van der Waals surface area (Å²) in [6.45, 7) is 5.25. The molecule has 0 radical (unpaired) electrons.